The van der Waals surface area contributed by atoms with Gasteiger partial charge in [-0.05, 0) is 12.1 Å². The van der Waals surface area contributed by atoms with Crippen molar-refractivity contribution in [3.05, 3.63) is 48.0 Å². The predicted octanol–water partition coefficient (Wildman–Crippen LogP) is 2.40. The average molecular weight is 255 g/mol. The zero-order valence-electron chi connectivity index (χ0n) is 8.50. The summed E-state index contributed by atoms with van der Waals surface area (Å²) in [5.74, 6) is -1.93. The average Bonchev–Trinajstić information content (AvgIpc) is 2.29. The van der Waals surface area contributed by atoms with Crippen LogP contribution in [0, 0.1) is 5.82 Å². The summed E-state index contributed by atoms with van der Waals surface area (Å²) in [4.78, 5) is 18.7. The van der Waals surface area contributed by atoms with Gasteiger partial charge in [-0.1, -0.05) is 12.1 Å². The van der Waals surface area contributed by atoms with Gasteiger partial charge >= 0.3 is 5.97 Å². The minimum absolute atomic E-state index is 0. The van der Waals surface area contributed by atoms with Gasteiger partial charge in [0.25, 0.3) is 0 Å². The molecule has 88 valence electrons. The molecule has 0 unspecified atom stereocenters. The molecule has 2 aromatic rings. The Bertz CT molecular complexity index is 534. The van der Waals surface area contributed by atoms with E-state index in [2.05, 4.69) is 9.97 Å². The molecule has 1 aromatic carbocycles. The summed E-state index contributed by atoms with van der Waals surface area (Å²) in [6.45, 7) is 0. The monoisotopic (exact) mass is 254 g/mol. The van der Waals surface area contributed by atoms with Crippen LogP contribution in [0.5, 0.6) is 0 Å². The maximum absolute atomic E-state index is 13.4. The second kappa shape index (κ2) is 5.36. The fourth-order valence-corrected chi connectivity index (χ4v) is 1.37. The van der Waals surface area contributed by atoms with Crippen molar-refractivity contribution in [2.24, 2.45) is 0 Å². The number of carboxylic acid groups (broad SMARTS) is 1. The molecule has 0 amide bonds. The van der Waals surface area contributed by atoms with Crippen LogP contribution in [-0.2, 0) is 0 Å². The molecule has 0 saturated heterocycles. The summed E-state index contributed by atoms with van der Waals surface area (Å²) in [6, 6.07) is 5.59. The Morgan fingerprint density at radius 2 is 1.82 bits per heavy atom. The normalized spacial score (nSPS) is 9.47. The van der Waals surface area contributed by atoms with E-state index in [4.69, 9.17) is 5.11 Å². The van der Waals surface area contributed by atoms with Gasteiger partial charge in [-0.15, -0.1) is 12.4 Å². The van der Waals surface area contributed by atoms with E-state index < -0.39 is 17.3 Å². The van der Waals surface area contributed by atoms with Crippen molar-refractivity contribution in [1.82, 2.24) is 9.97 Å². The minimum atomic E-state index is -1.33. The molecule has 0 aliphatic carbocycles. The highest BCUT2D eigenvalue weighted by atomic mass is 35.5. The maximum Gasteiger partial charge on any atom is 0.339 e. The van der Waals surface area contributed by atoms with Crippen molar-refractivity contribution in [2.75, 3.05) is 0 Å². The number of carboxylic acids is 1. The molecule has 0 aliphatic rings. The molecule has 1 N–H and O–H groups in total. The summed E-state index contributed by atoms with van der Waals surface area (Å²) < 4.78 is 13.4. The van der Waals surface area contributed by atoms with Gasteiger partial charge in [-0.2, -0.15) is 0 Å². The lowest BCUT2D eigenvalue weighted by atomic mass is 10.1. The molecule has 0 saturated carbocycles. The van der Waals surface area contributed by atoms with Crippen molar-refractivity contribution in [3.8, 4) is 11.4 Å². The van der Waals surface area contributed by atoms with Gasteiger partial charge in [0, 0.05) is 18.0 Å². The zero-order valence-corrected chi connectivity index (χ0v) is 9.32. The summed E-state index contributed by atoms with van der Waals surface area (Å²) in [5.41, 5.74) is -0.234. The second-order valence-corrected chi connectivity index (χ2v) is 3.04. The minimum Gasteiger partial charge on any atom is -0.478 e. The van der Waals surface area contributed by atoms with Gasteiger partial charge in [-0.25, -0.2) is 19.2 Å². The fourth-order valence-electron chi connectivity index (χ4n) is 1.37. The molecule has 0 spiro atoms. The first-order valence-electron chi connectivity index (χ1n) is 4.49. The van der Waals surface area contributed by atoms with Gasteiger partial charge < -0.3 is 5.11 Å². The quantitative estimate of drug-likeness (QED) is 0.894. The van der Waals surface area contributed by atoms with Crippen LogP contribution in [0.25, 0.3) is 11.4 Å². The highest BCUT2D eigenvalue weighted by Crippen LogP contribution is 2.22. The number of hydrogen-bond acceptors (Lipinski definition) is 3. The maximum atomic E-state index is 13.4. The summed E-state index contributed by atoms with van der Waals surface area (Å²) in [7, 11) is 0. The van der Waals surface area contributed by atoms with Crippen LogP contribution in [0.2, 0.25) is 0 Å². The van der Waals surface area contributed by atoms with Crippen molar-refractivity contribution >= 4 is 18.4 Å². The Morgan fingerprint density at radius 1 is 1.18 bits per heavy atom. The molecule has 2 rings (SSSR count). The molecule has 0 fully saturated rings. The van der Waals surface area contributed by atoms with Crippen molar-refractivity contribution in [1.29, 1.82) is 0 Å². The standard InChI is InChI=1S/C11H7FN2O2.ClH/c12-8-4-1-3-7(9(8)11(15)16)10-13-5-2-6-14-10;/h1-6H,(H,15,16);1H. The molecule has 0 bridgehead atoms. The molecule has 6 heteroatoms. The summed E-state index contributed by atoms with van der Waals surface area (Å²) in [5, 5.41) is 8.91. The number of halogens is 2. The number of benzene rings is 1. The number of aromatic carboxylic acids is 1. The highest BCUT2D eigenvalue weighted by molar-refractivity contribution is 5.95. The SMILES string of the molecule is Cl.O=C(O)c1c(F)cccc1-c1ncccn1. The first kappa shape index (κ1) is 13.1. The predicted molar refractivity (Wildman–Crippen MR) is 61.6 cm³/mol. The highest BCUT2D eigenvalue weighted by Gasteiger charge is 2.17. The Morgan fingerprint density at radius 3 is 2.41 bits per heavy atom. The van der Waals surface area contributed by atoms with E-state index in [1.165, 1.54) is 24.5 Å². The molecule has 17 heavy (non-hydrogen) atoms. The molecule has 0 atom stereocenters. The van der Waals surface area contributed by atoms with Crippen LogP contribution in [0.15, 0.2) is 36.7 Å². The number of aromatic nitrogens is 2. The Balaban J connectivity index is 0.00000144. The van der Waals surface area contributed by atoms with Gasteiger partial charge in [0.2, 0.25) is 0 Å². The fraction of sp³-hybridized carbons (Fsp3) is 0. The lowest BCUT2D eigenvalue weighted by Crippen LogP contribution is -2.04. The van der Waals surface area contributed by atoms with Crippen LogP contribution in [0.1, 0.15) is 10.4 Å². The van der Waals surface area contributed by atoms with E-state index in [-0.39, 0.29) is 23.8 Å². The van der Waals surface area contributed by atoms with Crippen molar-refractivity contribution < 1.29 is 14.3 Å². The molecule has 1 heterocycles. The van der Waals surface area contributed by atoms with E-state index in [9.17, 15) is 9.18 Å². The first-order valence-corrected chi connectivity index (χ1v) is 4.49. The Labute approximate surface area is 103 Å². The summed E-state index contributed by atoms with van der Waals surface area (Å²) >= 11 is 0. The summed E-state index contributed by atoms with van der Waals surface area (Å²) in [6.07, 6.45) is 2.94. The third-order valence-corrected chi connectivity index (χ3v) is 2.03. The lowest BCUT2D eigenvalue weighted by Gasteiger charge is -2.04. The van der Waals surface area contributed by atoms with Crippen LogP contribution in [-0.4, -0.2) is 21.0 Å². The number of rotatable bonds is 2. The molecule has 1 aromatic heterocycles. The van der Waals surface area contributed by atoms with Crippen LogP contribution in [0.3, 0.4) is 0 Å². The Kier molecular flexibility index (Phi) is 4.12. The number of hydrogen-bond donors (Lipinski definition) is 1. The van der Waals surface area contributed by atoms with Crippen LogP contribution < -0.4 is 0 Å². The van der Waals surface area contributed by atoms with E-state index in [1.807, 2.05) is 0 Å². The van der Waals surface area contributed by atoms with E-state index in [0.717, 1.165) is 6.07 Å². The van der Waals surface area contributed by atoms with Gasteiger partial charge in [0.15, 0.2) is 5.82 Å². The molecule has 0 aliphatic heterocycles. The Hall–Kier alpha value is -2.01. The zero-order chi connectivity index (χ0) is 11.5. The molecule has 4 nitrogen and oxygen atoms in total. The largest absolute Gasteiger partial charge is 0.478 e. The third kappa shape index (κ3) is 2.57. The number of nitrogens with zero attached hydrogens (tertiary/aromatic N) is 2. The van der Waals surface area contributed by atoms with Crippen molar-refractivity contribution in [2.45, 2.75) is 0 Å². The van der Waals surface area contributed by atoms with Crippen LogP contribution in [0.4, 0.5) is 4.39 Å². The van der Waals surface area contributed by atoms with E-state index in [1.54, 1.807) is 6.07 Å². The van der Waals surface area contributed by atoms with Crippen LogP contribution >= 0.6 is 12.4 Å². The molecular formula is C11H8ClFN2O2. The molecule has 0 radical (unpaired) electrons. The lowest BCUT2D eigenvalue weighted by molar-refractivity contribution is 0.0692. The molecular weight excluding hydrogens is 247 g/mol. The van der Waals surface area contributed by atoms with Crippen molar-refractivity contribution in [3.63, 3.8) is 0 Å². The second-order valence-electron chi connectivity index (χ2n) is 3.04. The van der Waals surface area contributed by atoms with E-state index >= 15 is 0 Å². The van der Waals surface area contributed by atoms with E-state index in [0.29, 0.717) is 0 Å². The third-order valence-electron chi connectivity index (χ3n) is 2.03. The number of carbonyl (C=O) groups is 1. The topological polar surface area (TPSA) is 63.1 Å². The smallest absolute Gasteiger partial charge is 0.339 e. The van der Waals surface area contributed by atoms with Gasteiger partial charge in [0.1, 0.15) is 11.4 Å². The van der Waals surface area contributed by atoms with Gasteiger partial charge in [-0.3, -0.25) is 0 Å². The first-order chi connectivity index (χ1) is 7.70. The van der Waals surface area contributed by atoms with Gasteiger partial charge in [0.05, 0.1) is 0 Å².